The SMILES string of the molecule is Cc1ccc(OCC(=O)c2nc(C(=O)O)cs2)c(C)c1. The third kappa shape index (κ3) is 3.21. The standard InChI is InChI=1S/C14H13NO4S/c1-8-3-4-12(9(2)5-8)19-6-11(16)13-15-10(7-20-13)14(17)18/h3-5,7H,6H2,1-2H3,(H,17,18). The molecule has 1 N–H and O–H groups in total. The molecule has 0 aliphatic carbocycles. The number of carbonyl (C=O) groups excluding carboxylic acids is 1. The molecule has 0 saturated carbocycles. The number of hydrogen-bond donors (Lipinski definition) is 1. The Morgan fingerprint density at radius 3 is 2.70 bits per heavy atom. The van der Waals surface area contributed by atoms with Gasteiger partial charge in [-0.05, 0) is 25.5 Å². The third-order valence-corrected chi connectivity index (χ3v) is 3.53. The van der Waals surface area contributed by atoms with Crippen molar-refractivity contribution in [2.75, 3.05) is 6.61 Å². The van der Waals surface area contributed by atoms with E-state index in [-0.39, 0.29) is 23.1 Å². The van der Waals surface area contributed by atoms with Crippen LogP contribution in [0, 0.1) is 13.8 Å². The summed E-state index contributed by atoms with van der Waals surface area (Å²) >= 11 is 1.01. The van der Waals surface area contributed by atoms with Crippen LogP contribution in [0.2, 0.25) is 0 Å². The summed E-state index contributed by atoms with van der Waals surface area (Å²) in [6.07, 6.45) is 0. The lowest BCUT2D eigenvalue weighted by molar-refractivity contribution is 0.0691. The molecule has 0 saturated heterocycles. The number of ketones is 1. The van der Waals surface area contributed by atoms with Gasteiger partial charge in [-0.1, -0.05) is 17.7 Å². The molecule has 6 heteroatoms. The first-order valence-electron chi connectivity index (χ1n) is 5.89. The predicted molar refractivity (Wildman–Crippen MR) is 74.8 cm³/mol. The lowest BCUT2D eigenvalue weighted by Gasteiger charge is -2.08. The first-order valence-corrected chi connectivity index (χ1v) is 6.77. The molecule has 20 heavy (non-hydrogen) atoms. The van der Waals surface area contributed by atoms with Crippen LogP contribution in [0.15, 0.2) is 23.6 Å². The molecule has 0 unspecified atom stereocenters. The first kappa shape index (κ1) is 14.2. The summed E-state index contributed by atoms with van der Waals surface area (Å²) in [6.45, 7) is 3.72. The van der Waals surface area contributed by atoms with Gasteiger partial charge < -0.3 is 9.84 Å². The van der Waals surface area contributed by atoms with Crippen molar-refractivity contribution in [3.8, 4) is 5.75 Å². The van der Waals surface area contributed by atoms with Crippen LogP contribution in [-0.2, 0) is 0 Å². The summed E-state index contributed by atoms with van der Waals surface area (Å²) in [5.41, 5.74) is 1.94. The number of benzene rings is 1. The zero-order chi connectivity index (χ0) is 14.7. The lowest BCUT2D eigenvalue weighted by atomic mass is 10.1. The normalized spacial score (nSPS) is 10.3. The molecule has 0 fully saturated rings. The highest BCUT2D eigenvalue weighted by Crippen LogP contribution is 2.19. The van der Waals surface area contributed by atoms with Gasteiger partial charge in [0.1, 0.15) is 5.75 Å². The topological polar surface area (TPSA) is 76.5 Å². The molecule has 1 aromatic carbocycles. The number of carboxylic acids is 1. The molecule has 0 aliphatic rings. The molecule has 0 amide bonds. The molecule has 104 valence electrons. The maximum Gasteiger partial charge on any atom is 0.355 e. The molecule has 0 radical (unpaired) electrons. The van der Waals surface area contributed by atoms with Crippen LogP contribution in [-0.4, -0.2) is 28.4 Å². The largest absolute Gasteiger partial charge is 0.485 e. The molecule has 0 aliphatic heterocycles. The number of rotatable bonds is 5. The van der Waals surface area contributed by atoms with Crippen LogP contribution in [0.25, 0.3) is 0 Å². The van der Waals surface area contributed by atoms with Crippen molar-refractivity contribution in [3.05, 3.63) is 45.4 Å². The highest BCUT2D eigenvalue weighted by molar-refractivity contribution is 7.12. The number of aryl methyl sites for hydroxylation is 2. The van der Waals surface area contributed by atoms with E-state index in [0.717, 1.165) is 22.5 Å². The second kappa shape index (κ2) is 5.83. The lowest BCUT2D eigenvalue weighted by Crippen LogP contribution is -2.12. The average Bonchev–Trinajstić information content (AvgIpc) is 2.87. The minimum atomic E-state index is -1.14. The van der Waals surface area contributed by atoms with Crippen molar-refractivity contribution in [2.45, 2.75) is 13.8 Å². The number of carboxylic acid groups (broad SMARTS) is 1. The van der Waals surface area contributed by atoms with E-state index in [0.29, 0.717) is 5.75 Å². The van der Waals surface area contributed by atoms with Crippen LogP contribution in [0.4, 0.5) is 0 Å². The van der Waals surface area contributed by atoms with Gasteiger partial charge in [0.05, 0.1) is 0 Å². The quantitative estimate of drug-likeness (QED) is 0.857. The van der Waals surface area contributed by atoms with Crippen molar-refractivity contribution >= 4 is 23.1 Å². The molecule has 5 nitrogen and oxygen atoms in total. The Balaban J connectivity index is 2.02. The Morgan fingerprint density at radius 1 is 1.35 bits per heavy atom. The van der Waals surface area contributed by atoms with Gasteiger partial charge in [-0.2, -0.15) is 0 Å². The number of nitrogens with zero attached hydrogens (tertiary/aromatic N) is 1. The van der Waals surface area contributed by atoms with Crippen LogP contribution in [0.5, 0.6) is 5.75 Å². The molecular weight excluding hydrogens is 278 g/mol. The number of carbonyl (C=O) groups is 2. The van der Waals surface area contributed by atoms with Gasteiger partial charge in [0.15, 0.2) is 17.3 Å². The molecule has 0 atom stereocenters. The fourth-order valence-electron chi connectivity index (χ4n) is 1.67. The van der Waals surface area contributed by atoms with E-state index in [1.807, 2.05) is 32.0 Å². The van der Waals surface area contributed by atoms with E-state index in [9.17, 15) is 9.59 Å². The summed E-state index contributed by atoms with van der Waals surface area (Å²) < 4.78 is 5.45. The highest BCUT2D eigenvalue weighted by atomic mass is 32.1. The number of aromatic carboxylic acids is 1. The highest BCUT2D eigenvalue weighted by Gasteiger charge is 2.15. The zero-order valence-corrected chi connectivity index (χ0v) is 11.9. The number of thiazole rings is 1. The Morgan fingerprint density at radius 2 is 2.10 bits per heavy atom. The molecular formula is C14H13NO4S. The summed E-state index contributed by atoms with van der Waals surface area (Å²) in [5.74, 6) is -0.836. The monoisotopic (exact) mass is 291 g/mol. The van der Waals surface area contributed by atoms with Gasteiger partial charge in [-0.3, -0.25) is 4.79 Å². The number of hydrogen-bond acceptors (Lipinski definition) is 5. The third-order valence-electron chi connectivity index (χ3n) is 2.65. The molecule has 0 bridgehead atoms. The molecule has 0 spiro atoms. The second-order valence-corrected chi connectivity index (χ2v) is 5.18. The zero-order valence-electron chi connectivity index (χ0n) is 11.0. The van der Waals surface area contributed by atoms with Gasteiger partial charge in [0, 0.05) is 5.38 Å². The van der Waals surface area contributed by atoms with Gasteiger partial charge in [0.25, 0.3) is 0 Å². The Hall–Kier alpha value is -2.21. The van der Waals surface area contributed by atoms with Crippen LogP contribution in [0.1, 0.15) is 31.4 Å². The second-order valence-electron chi connectivity index (χ2n) is 4.32. The van der Waals surface area contributed by atoms with Crippen molar-refractivity contribution in [2.24, 2.45) is 0 Å². The Labute approximate surface area is 119 Å². The van der Waals surface area contributed by atoms with E-state index >= 15 is 0 Å². The van der Waals surface area contributed by atoms with E-state index in [2.05, 4.69) is 4.98 Å². The summed E-state index contributed by atoms with van der Waals surface area (Å²) in [4.78, 5) is 26.3. The minimum Gasteiger partial charge on any atom is -0.485 e. The molecule has 2 aromatic rings. The van der Waals surface area contributed by atoms with E-state index in [4.69, 9.17) is 9.84 Å². The Kier molecular flexibility index (Phi) is 4.14. The first-order chi connectivity index (χ1) is 9.47. The van der Waals surface area contributed by atoms with Crippen molar-refractivity contribution in [1.82, 2.24) is 4.98 Å². The van der Waals surface area contributed by atoms with Crippen LogP contribution in [0.3, 0.4) is 0 Å². The van der Waals surface area contributed by atoms with Crippen LogP contribution < -0.4 is 4.74 Å². The summed E-state index contributed by atoms with van der Waals surface area (Å²) in [6, 6.07) is 5.67. The maximum absolute atomic E-state index is 11.9. The predicted octanol–water partition coefficient (Wildman–Crippen LogP) is 2.72. The molecule has 1 heterocycles. The van der Waals surface area contributed by atoms with E-state index in [1.54, 1.807) is 0 Å². The fourth-order valence-corrected chi connectivity index (χ4v) is 2.38. The maximum atomic E-state index is 11.9. The van der Waals surface area contributed by atoms with Gasteiger partial charge in [0.2, 0.25) is 5.78 Å². The van der Waals surface area contributed by atoms with Crippen LogP contribution >= 0.6 is 11.3 Å². The van der Waals surface area contributed by atoms with Gasteiger partial charge in [-0.15, -0.1) is 11.3 Å². The van der Waals surface area contributed by atoms with Crippen molar-refractivity contribution < 1.29 is 19.4 Å². The van der Waals surface area contributed by atoms with Gasteiger partial charge >= 0.3 is 5.97 Å². The summed E-state index contributed by atoms with van der Waals surface area (Å²) in [7, 11) is 0. The molecule has 2 rings (SSSR count). The molecule has 1 aromatic heterocycles. The Bertz CT molecular complexity index is 663. The fraction of sp³-hybridized carbons (Fsp3) is 0.214. The summed E-state index contributed by atoms with van der Waals surface area (Å²) in [5, 5.41) is 10.2. The number of Topliss-reactive ketones (excluding diaryl/α,β-unsaturated/α-hetero) is 1. The van der Waals surface area contributed by atoms with E-state index in [1.165, 1.54) is 5.38 Å². The number of aromatic nitrogens is 1. The van der Waals surface area contributed by atoms with Crippen molar-refractivity contribution in [3.63, 3.8) is 0 Å². The number of ether oxygens (including phenoxy) is 1. The van der Waals surface area contributed by atoms with Gasteiger partial charge in [-0.25, -0.2) is 9.78 Å². The van der Waals surface area contributed by atoms with E-state index < -0.39 is 5.97 Å². The minimum absolute atomic E-state index is 0.120. The smallest absolute Gasteiger partial charge is 0.355 e. The van der Waals surface area contributed by atoms with Crippen molar-refractivity contribution in [1.29, 1.82) is 0 Å². The average molecular weight is 291 g/mol.